The van der Waals surface area contributed by atoms with E-state index in [-0.39, 0.29) is 24.2 Å². The fraction of sp³-hybridized carbons (Fsp3) is 0.375. The second kappa shape index (κ2) is 7.12. The third-order valence-electron chi connectivity index (χ3n) is 3.09. The molecule has 0 unspecified atom stereocenters. The molecule has 2 rings (SSSR count). The number of amides is 1. The number of para-hydroxylation sites is 1. The maximum Gasteiger partial charge on any atom is 0.250 e. The fourth-order valence-electron chi connectivity index (χ4n) is 2.09. The van der Waals surface area contributed by atoms with Crippen LogP contribution in [0.15, 0.2) is 24.3 Å². The van der Waals surface area contributed by atoms with Crippen LogP contribution in [-0.2, 0) is 9.53 Å². The molecular formula is C16H20ClN3O3. The Kier molecular flexibility index (Phi) is 5.41. The largest absolute Gasteiger partial charge is 0.389 e. The van der Waals surface area contributed by atoms with E-state index >= 15 is 0 Å². The summed E-state index contributed by atoms with van der Waals surface area (Å²) in [7, 11) is 1.44. The summed E-state index contributed by atoms with van der Waals surface area (Å²) in [5.41, 5.74) is 0.759. The molecule has 0 aliphatic carbocycles. The number of nitrogens with one attached hydrogen (secondary N) is 2. The molecule has 0 atom stereocenters. The minimum absolute atomic E-state index is 0.0892. The van der Waals surface area contributed by atoms with E-state index in [1.807, 2.05) is 24.3 Å². The standard InChI is InChI=1S/C16H20ClN3O3/c1-16(2,22)9-18-13-10-6-4-5-7-11(10)19-15(17)14(13)20-12(21)8-23-3/h4-7,22H,8-9H2,1-3H3,(H,18,19)(H,20,21). The second-order valence-electron chi connectivity index (χ2n) is 5.82. The van der Waals surface area contributed by atoms with Gasteiger partial charge in [-0.2, -0.15) is 0 Å². The first kappa shape index (κ1) is 17.5. The highest BCUT2D eigenvalue weighted by atomic mass is 35.5. The van der Waals surface area contributed by atoms with Gasteiger partial charge in [0.15, 0.2) is 5.15 Å². The number of benzene rings is 1. The van der Waals surface area contributed by atoms with E-state index in [2.05, 4.69) is 15.6 Å². The van der Waals surface area contributed by atoms with E-state index < -0.39 is 5.60 Å². The van der Waals surface area contributed by atoms with Crippen LogP contribution in [0.25, 0.3) is 10.9 Å². The van der Waals surface area contributed by atoms with Crippen molar-refractivity contribution in [2.24, 2.45) is 0 Å². The van der Waals surface area contributed by atoms with E-state index in [4.69, 9.17) is 16.3 Å². The molecular weight excluding hydrogens is 318 g/mol. The number of halogens is 1. The molecule has 124 valence electrons. The number of rotatable bonds is 6. The molecule has 1 aromatic heterocycles. The van der Waals surface area contributed by atoms with Crippen molar-refractivity contribution >= 4 is 39.8 Å². The highest BCUT2D eigenvalue weighted by Crippen LogP contribution is 2.36. The minimum atomic E-state index is -0.926. The number of hydrogen-bond donors (Lipinski definition) is 3. The molecule has 0 saturated carbocycles. The van der Waals surface area contributed by atoms with E-state index in [0.717, 1.165) is 5.39 Å². The van der Waals surface area contributed by atoms with Crippen molar-refractivity contribution in [2.75, 3.05) is 30.9 Å². The number of ether oxygens (including phenoxy) is 1. The molecule has 1 amide bonds. The lowest BCUT2D eigenvalue weighted by molar-refractivity contribution is -0.119. The Morgan fingerprint density at radius 2 is 2.04 bits per heavy atom. The monoisotopic (exact) mass is 337 g/mol. The second-order valence-corrected chi connectivity index (χ2v) is 6.17. The van der Waals surface area contributed by atoms with Gasteiger partial charge in [-0.3, -0.25) is 4.79 Å². The summed E-state index contributed by atoms with van der Waals surface area (Å²) in [6.07, 6.45) is 0. The molecule has 1 aromatic carbocycles. The Labute approximate surface area is 139 Å². The van der Waals surface area contributed by atoms with Crippen molar-refractivity contribution < 1.29 is 14.6 Å². The average Bonchev–Trinajstić information content (AvgIpc) is 2.46. The van der Waals surface area contributed by atoms with Crippen LogP contribution in [0.2, 0.25) is 5.15 Å². The zero-order valence-electron chi connectivity index (χ0n) is 13.3. The lowest BCUT2D eigenvalue weighted by atomic mass is 10.1. The first-order valence-corrected chi connectivity index (χ1v) is 7.53. The molecule has 0 spiro atoms. The first-order chi connectivity index (χ1) is 10.8. The lowest BCUT2D eigenvalue weighted by Gasteiger charge is -2.22. The van der Waals surface area contributed by atoms with Crippen LogP contribution in [0.1, 0.15) is 13.8 Å². The van der Waals surface area contributed by atoms with Gasteiger partial charge >= 0.3 is 0 Å². The van der Waals surface area contributed by atoms with Gasteiger partial charge in [-0.15, -0.1) is 0 Å². The number of carbonyl (C=O) groups excluding carboxylic acids is 1. The number of hydrogen-bond acceptors (Lipinski definition) is 5. The van der Waals surface area contributed by atoms with E-state index in [1.165, 1.54) is 7.11 Å². The van der Waals surface area contributed by atoms with Crippen LogP contribution in [0.5, 0.6) is 0 Å². The summed E-state index contributed by atoms with van der Waals surface area (Å²) in [4.78, 5) is 16.2. The number of aliphatic hydroxyl groups is 1. The Morgan fingerprint density at radius 3 is 2.70 bits per heavy atom. The topological polar surface area (TPSA) is 83.5 Å². The van der Waals surface area contributed by atoms with Gasteiger partial charge in [-0.05, 0) is 19.9 Å². The molecule has 0 radical (unpaired) electrons. The maximum absolute atomic E-state index is 11.9. The van der Waals surface area contributed by atoms with Gasteiger partial charge in [0, 0.05) is 19.0 Å². The SMILES string of the molecule is COCC(=O)Nc1c(Cl)nc2ccccc2c1NCC(C)(C)O. The molecule has 1 heterocycles. The number of anilines is 2. The molecule has 2 aromatic rings. The minimum Gasteiger partial charge on any atom is -0.389 e. The summed E-state index contributed by atoms with van der Waals surface area (Å²) in [6.45, 7) is 3.57. The Balaban J connectivity index is 2.49. The highest BCUT2D eigenvalue weighted by molar-refractivity contribution is 6.34. The van der Waals surface area contributed by atoms with Crippen molar-refractivity contribution in [1.29, 1.82) is 0 Å². The van der Waals surface area contributed by atoms with E-state index in [1.54, 1.807) is 13.8 Å². The van der Waals surface area contributed by atoms with Gasteiger partial charge in [0.2, 0.25) is 5.91 Å². The first-order valence-electron chi connectivity index (χ1n) is 7.15. The Bertz CT molecular complexity index is 714. The summed E-state index contributed by atoms with van der Waals surface area (Å²) in [5, 5.41) is 16.8. The quantitative estimate of drug-likeness (QED) is 0.706. The molecule has 0 aliphatic rings. The average molecular weight is 338 g/mol. The van der Waals surface area contributed by atoms with Crippen molar-refractivity contribution in [3.05, 3.63) is 29.4 Å². The van der Waals surface area contributed by atoms with Crippen LogP contribution < -0.4 is 10.6 Å². The molecule has 7 heteroatoms. The number of nitrogens with zero attached hydrogens (tertiary/aromatic N) is 1. The van der Waals surface area contributed by atoms with Crippen molar-refractivity contribution in [3.63, 3.8) is 0 Å². The van der Waals surface area contributed by atoms with Gasteiger partial charge in [0.25, 0.3) is 0 Å². The summed E-state index contributed by atoms with van der Waals surface area (Å²) in [5.74, 6) is -0.335. The summed E-state index contributed by atoms with van der Waals surface area (Å²) >= 11 is 6.23. The van der Waals surface area contributed by atoms with Crippen LogP contribution in [-0.4, -0.2) is 41.9 Å². The number of pyridine rings is 1. The van der Waals surface area contributed by atoms with Gasteiger partial charge in [-0.1, -0.05) is 29.8 Å². The van der Waals surface area contributed by atoms with Crippen LogP contribution in [0, 0.1) is 0 Å². The smallest absolute Gasteiger partial charge is 0.250 e. The Hall–Kier alpha value is -1.89. The predicted octanol–water partition coefficient (Wildman–Crippen LogP) is 2.66. The number of aromatic nitrogens is 1. The van der Waals surface area contributed by atoms with Gasteiger partial charge < -0.3 is 20.5 Å². The number of fused-ring (bicyclic) bond motifs is 1. The van der Waals surface area contributed by atoms with Gasteiger partial charge in [-0.25, -0.2) is 4.98 Å². The summed E-state index contributed by atoms with van der Waals surface area (Å²) < 4.78 is 4.82. The zero-order chi connectivity index (χ0) is 17.0. The van der Waals surface area contributed by atoms with Crippen LogP contribution in [0.4, 0.5) is 11.4 Å². The normalized spacial score (nSPS) is 11.5. The molecule has 0 bridgehead atoms. The molecule has 3 N–H and O–H groups in total. The summed E-state index contributed by atoms with van der Waals surface area (Å²) in [6, 6.07) is 7.43. The predicted molar refractivity (Wildman–Crippen MR) is 92.0 cm³/mol. The molecule has 23 heavy (non-hydrogen) atoms. The van der Waals surface area contributed by atoms with Crippen LogP contribution in [0.3, 0.4) is 0 Å². The third-order valence-corrected chi connectivity index (χ3v) is 3.36. The van der Waals surface area contributed by atoms with Gasteiger partial charge in [0.1, 0.15) is 12.3 Å². The van der Waals surface area contributed by atoms with E-state index in [0.29, 0.717) is 16.9 Å². The molecule has 6 nitrogen and oxygen atoms in total. The third kappa shape index (κ3) is 4.54. The maximum atomic E-state index is 11.9. The molecule has 0 fully saturated rings. The number of carbonyl (C=O) groups is 1. The highest BCUT2D eigenvalue weighted by Gasteiger charge is 2.19. The van der Waals surface area contributed by atoms with Crippen LogP contribution >= 0.6 is 11.6 Å². The Morgan fingerprint density at radius 1 is 1.35 bits per heavy atom. The number of methoxy groups -OCH3 is 1. The lowest BCUT2D eigenvalue weighted by Crippen LogP contribution is -2.30. The molecule has 0 saturated heterocycles. The van der Waals surface area contributed by atoms with Crippen molar-refractivity contribution in [2.45, 2.75) is 19.4 Å². The van der Waals surface area contributed by atoms with Gasteiger partial charge in [0.05, 0.1) is 16.8 Å². The fourth-order valence-corrected chi connectivity index (χ4v) is 2.32. The molecule has 0 aliphatic heterocycles. The van der Waals surface area contributed by atoms with Crippen molar-refractivity contribution in [3.8, 4) is 0 Å². The zero-order valence-corrected chi connectivity index (χ0v) is 14.1. The van der Waals surface area contributed by atoms with Crippen molar-refractivity contribution in [1.82, 2.24) is 4.98 Å². The van der Waals surface area contributed by atoms with E-state index in [9.17, 15) is 9.90 Å².